The lowest BCUT2D eigenvalue weighted by Crippen LogP contribution is -2.23. The van der Waals surface area contributed by atoms with E-state index in [2.05, 4.69) is 5.32 Å². The Morgan fingerprint density at radius 3 is 2.50 bits per heavy atom. The molecule has 0 spiro atoms. The fourth-order valence-corrected chi connectivity index (χ4v) is 2.27. The van der Waals surface area contributed by atoms with Crippen LogP contribution >= 0.6 is 23.2 Å². The van der Waals surface area contributed by atoms with Gasteiger partial charge < -0.3 is 14.8 Å². The third-order valence-electron chi connectivity index (χ3n) is 2.95. The van der Waals surface area contributed by atoms with Gasteiger partial charge in [0.05, 0.1) is 15.7 Å². The number of amides is 1. The molecule has 0 radical (unpaired) electrons. The van der Waals surface area contributed by atoms with Gasteiger partial charge in [-0.1, -0.05) is 41.4 Å². The number of hydrogen-bond donors (Lipinski definition) is 1. The Morgan fingerprint density at radius 2 is 1.79 bits per heavy atom. The average Bonchev–Trinajstić information content (AvgIpc) is 2.55. The third-order valence-corrected chi connectivity index (χ3v) is 3.57. The van der Waals surface area contributed by atoms with Crippen molar-refractivity contribution in [3.8, 4) is 5.75 Å². The van der Waals surface area contributed by atoms with Crippen molar-refractivity contribution >= 4 is 40.8 Å². The van der Waals surface area contributed by atoms with E-state index in [0.29, 0.717) is 21.5 Å². The third kappa shape index (κ3) is 5.44. The number of rotatable bonds is 6. The SMILES string of the molecule is Cc1ccc(NC(=O)COC(=O)COc2ccccc2Cl)c(Cl)c1. The second kappa shape index (κ2) is 8.57. The number of hydrogen-bond acceptors (Lipinski definition) is 4. The minimum absolute atomic E-state index is 0.345. The van der Waals surface area contributed by atoms with Gasteiger partial charge in [0, 0.05) is 0 Å². The predicted octanol–water partition coefficient (Wildman–Crippen LogP) is 3.86. The van der Waals surface area contributed by atoms with Crippen LogP contribution in [0, 0.1) is 6.92 Å². The number of ether oxygens (including phenoxy) is 2. The van der Waals surface area contributed by atoms with Crippen LogP contribution in [0.2, 0.25) is 10.0 Å². The Kier molecular flexibility index (Phi) is 6.46. The maximum Gasteiger partial charge on any atom is 0.344 e. The summed E-state index contributed by atoms with van der Waals surface area (Å²) in [6.07, 6.45) is 0. The summed E-state index contributed by atoms with van der Waals surface area (Å²) in [6.45, 7) is 1.11. The molecule has 0 aliphatic heterocycles. The number of carbonyl (C=O) groups excluding carboxylic acids is 2. The molecule has 0 aliphatic carbocycles. The van der Waals surface area contributed by atoms with Gasteiger partial charge in [0.1, 0.15) is 5.75 Å². The fourth-order valence-electron chi connectivity index (χ4n) is 1.79. The summed E-state index contributed by atoms with van der Waals surface area (Å²) in [7, 11) is 0. The van der Waals surface area contributed by atoms with Crippen molar-refractivity contribution in [2.24, 2.45) is 0 Å². The van der Waals surface area contributed by atoms with Crippen molar-refractivity contribution in [1.82, 2.24) is 0 Å². The van der Waals surface area contributed by atoms with Crippen molar-refractivity contribution in [1.29, 1.82) is 0 Å². The van der Waals surface area contributed by atoms with Crippen LogP contribution in [0.25, 0.3) is 0 Å². The molecule has 0 unspecified atom stereocenters. The van der Waals surface area contributed by atoms with Crippen LogP contribution in [0.3, 0.4) is 0 Å². The molecule has 2 rings (SSSR count). The largest absolute Gasteiger partial charge is 0.480 e. The molecule has 2 aromatic carbocycles. The molecular weight excluding hydrogens is 353 g/mol. The van der Waals surface area contributed by atoms with E-state index < -0.39 is 18.5 Å². The Morgan fingerprint density at radius 1 is 1.04 bits per heavy atom. The summed E-state index contributed by atoms with van der Waals surface area (Å²) in [4.78, 5) is 23.4. The zero-order valence-corrected chi connectivity index (χ0v) is 14.4. The normalized spacial score (nSPS) is 10.1. The fraction of sp³-hybridized carbons (Fsp3) is 0.176. The van der Waals surface area contributed by atoms with Crippen LogP contribution in [0.4, 0.5) is 5.69 Å². The van der Waals surface area contributed by atoms with Gasteiger partial charge in [-0.2, -0.15) is 0 Å². The highest BCUT2D eigenvalue weighted by molar-refractivity contribution is 6.33. The Labute approximate surface area is 149 Å². The van der Waals surface area contributed by atoms with Crippen LogP contribution in [0.5, 0.6) is 5.75 Å². The molecule has 2 aromatic rings. The molecule has 7 heteroatoms. The first kappa shape index (κ1) is 18.1. The second-order valence-electron chi connectivity index (χ2n) is 4.91. The van der Waals surface area contributed by atoms with Gasteiger partial charge in [-0.25, -0.2) is 4.79 Å². The topological polar surface area (TPSA) is 64.6 Å². The summed E-state index contributed by atoms with van der Waals surface area (Å²) < 4.78 is 10.1. The molecule has 0 aliphatic rings. The van der Waals surface area contributed by atoms with Gasteiger partial charge >= 0.3 is 5.97 Å². The summed E-state index contributed by atoms with van der Waals surface area (Å²) in [5, 5.41) is 3.37. The minimum atomic E-state index is -0.680. The zero-order chi connectivity index (χ0) is 17.5. The summed E-state index contributed by atoms with van der Waals surface area (Å²) in [5.41, 5.74) is 1.43. The molecule has 5 nitrogen and oxygen atoms in total. The van der Waals surface area contributed by atoms with E-state index >= 15 is 0 Å². The monoisotopic (exact) mass is 367 g/mol. The standard InChI is InChI=1S/C17H15Cl2NO4/c1-11-6-7-14(13(19)8-11)20-16(21)9-24-17(22)10-23-15-5-3-2-4-12(15)18/h2-8H,9-10H2,1H3,(H,20,21). The molecule has 126 valence electrons. The maximum atomic E-state index is 11.8. The molecule has 0 bridgehead atoms. The molecule has 0 saturated carbocycles. The number of para-hydroxylation sites is 1. The van der Waals surface area contributed by atoms with Crippen LogP contribution < -0.4 is 10.1 Å². The number of nitrogens with one attached hydrogen (secondary N) is 1. The smallest absolute Gasteiger partial charge is 0.344 e. The van der Waals surface area contributed by atoms with Crippen LogP contribution in [-0.4, -0.2) is 25.1 Å². The van der Waals surface area contributed by atoms with Crippen molar-refractivity contribution in [2.45, 2.75) is 6.92 Å². The predicted molar refractivity (Wildman–Crippen MR) is 92.7 cm³/mol. The molecule has 0 fully saturated rings. The molecule has 1 amide bonds. The van der Waals surface area contributed by atoms with Crippen molar-refractivity contribution in [3.05, 3.63) is 58.1 Å². The van der Waals surface area contributed by atoms with Crippen molar-refractivity contribution in [3.63, 3.8) is 0 Å². The number of carbonyl (C=O) groups is 2. The van der Waals surface area contributed by atoms with E-state index in [-0.39, 0.29) is 6.61 Å². The van der Waals surface area contributed by atoms with E-state index in [1.807, 2.05) is 13.0 Å². The number of benzene rings is 2. The first-order chi connectivity index (χ1) is 11.5. The average molecular weight is 368 g/mol. The van der Waals surface area contributed by atoms with Gasteiger partial charge in [-0.15, -0.1) is 0 Å². The lowest BCUT2D eigenvalue weighted by Gasteiger charge is -2.09. The van der Waals surface area contributed by atoms with Gasteiger partial charge in [0.15, 0.2) is 13.2 Å². The van der Waals surface area contributed by atoms with Crippen molar-refractivity contribution in [2.75, 3.05) is 18.5 Å². The van der Waals surface area contributed by atoms with Gasteiger partial charge in [-0.3, -0.25) is 4.79 Å². The van der Waals surface area contributed by atoms with Gasteiger partial charge in [0.2, 0.25) is 0 Å². The summed E-state index contributed by atoms with van der Waals surface area (Å²) >= 11 is 11.9. The molecule has 1 N–H and O–H groups in total. The number of aryl methyl sites for hydroxylation is 1. The second-order valence-corrected chi connectivity index (χ2v) is 5.73. The van der Waals surface area contributed by atoms with Gasteiger partial charge in [0.25, 0.3) is 5.91 Å². The minimum Gasteiger partial charge on any atom is -0.480 e. The first-order valence-electron chi connectivity index (χ1n) is 7.04. The zero-order valence-electron chi connectivity index (χ0n) is 12.8. The van der Waals surface area contributed by atoms with Crippen LogP contribution in [-0.2, 0) is 14.3 Å². The molecule has 0 saturated heterocycles. The van der Waals surface area contributed by atoms with E-state index in [0.717, 1.165) is 5.56 Å². The van der Waals surface area contributed by atoms with Crippen LogP contribution in [0.1, 0.15) is 5.56 Å². The maximum absolute atomic E-state index is 11.8. The lowest BCUT2D eigenvalue weighted by molar-refractivity contribution is -0.149. The highest BCUT2D eigenvalue weighted by atomic mass is 35.5. The highest BCUT2D eigenvalue weighted by Gasteiger charge is 2.11. The van der Waals surface area contributed by atoms with Gasteiger partial charge in [-0.05, 0) is 36.8 Å². The molecule has 24 heavy (non-hydrogen) atoms. The van der Waals surface area contributed by atoms with E-state index in [9.17, 15) is 9.59 Å². The Bertz CT molecular complexity index is 749. The van der Waals surface area contributed by atoms with E-state index in [1.54, 1.807) is 36.4 Å². The first-order valence-corrected chi connectivity index (χ1v) is 7.80. The molecule has 0 aromatic heterocycles. The number of halogens is 2. The van der Waals surface area contributed by atoms with Crippen LogP contribution in [0.15, 0.2) is 42.5 Å². The number of esters is 1. The summed E-state index contributed by atoms with van der Waals surface area (Å²) in [6, 6.07) is 11.9. The Balaban J connectivity index is 1.77. The Hall–Kier alpha value is -2.24. The molecule has 0 heterocycles. The molecule has 0 atom stereocenters. The molecular formula is C17H15Cl2NO4. The van der Waals surface area contributed by atoms with Crippen molar-refractivity contribution < 1.29 is 19.1 Å². The quantitative estimate of drug-likeness (QED) is 0.787. The highest BCUT2D eigenvalue weighted by Crippen LogP contribution is 2.23. The summed E-state index contributed by atoms with van der Waals surface area (Å²) in [5.74, 6) is -0.807. The van der Waals surface area contributed by atoms with E-state index in [1.165, 1.54) is 0 Å². The lowest BCUT2D eigenvalue weighted by atomic mass is 10.2. The van der Waals surface area contributed by atoms with E-state index in [4.69, 9.17) is 32.7 Å². The number of anilines is 1.